The minimum atomic E-state index is 0. The molecule has 3 unspecified atom stereocenters. The average Bonchev–Trinajstić information content (AvgIpc) is 0.965. The van der Waals surface area contributed by atoms with Crippen LogP contribution >= 0.6 is 0 Å². The molecule has 0 spiro atoms. The molecule has 0 nitrogen and oxygen atoms in total. The maximum absolute atomic E-state index is 4.66. The summed E-state index contributed by atoms with van der Waals surface area (Å²) in [5.41, 5.74) is 28.9. The average molecular weight is 1170 g/mol. The molecule has 5 aliphatic carbocycles. The third-order valence-electron chi connectivity index (χ3n) is 18.3. The lowest BCUT2D eigenvalue weighted by atomic mass is 9.68. The summed E-state index contributed by atoms with van der Waals surface area (Å²) in [5, 5.41) is 0. The van der Waals surface area contributed by atoms with Crippen molar-refractivity contribution in [1.29, 1.82) is 0 Å². The normalized spacial score (nSPS) is 19.7. The first kappa shape index (κ1) is 71.7. The predicted molar refractivity (Wildman–Crippen MR) is 397 cm³/mol. The van der Waals surface area contributed by atoms with Crippen molar-refractivity contribution in [3.8, 4) is 0 Å². The van der Waals surface area contributed by atoms with Crippen LogP contribution in [-0.4, -0.2) is 0 Å². The van der Waals surface area contributed by atoms with Crippen molar-refractivity contribution in [2.45, 2.75) is 196 Å². The zero-order chi connectivity index (χ0) is 62.3. The van der Waals surface area contributed by atoms with Crippen LogP contribution < -0.4 is 0 Å². The van der Waals surface area contributed by atoms with Gasteiger partial charge in [0.15, 0.2) is 0 Å². The first-order chi connectivity index (χ1) is 41.0. The molecule has 0 radical (unpaired) electrons. The van der Waals surface area contributed by atoms with Crippen molar-refractivity contribution in [3.63, 3.8) is 0 Å². The van der Waals surface area contributed by atoms with E-state index in [1.165, 1.54) is 151 Å². The van der Waals surface area contributed by atoms with Crippen LogP contribution in [-0.2, 0) is 19.3 Å². The highest BCUT2D eigenvalue weighted by Gasteiger charge is 2.33. The van der Waals surface area contributed by atoms with E-state index in [4.69, 9.17) is 0 Å². The van der Waals surface area contributed by atoms with E-state index in [9.17, 15) is 0 Å². The Morgan fingerprint density at radius 3 is 1.78 bits per heavy atom. The van der Waals surface area contributed by atoms with Gasteiger partial charge in [0, 0.05) is 0 Å². The molecule has 5 aliphatic rings. The van der Waals surface area contributed by atoms with Gasteiger partial charge in [0.25, 0.3) is 0 Å². The molecule has 0 heteroatoms. The van der Waals surface area contributed by atoms with Gasteiger partial charge in [-0.3, -0.25) is 0 Å². The Labute approximate surface area is 539 Å². The van der Waals surface area contributed by atoms with Crippen molar-refractivity contribution in [3.05, 3.63) is 285 Å². The van der Waals surface area contributed by atoms with Gasteiger partial charge < -0.3 is 0 Å². The van der Waals surface area contributed by atoms with Crippen LogP contribution in [0, 0.1) is 28.1 Å². The molecular formula is C88H114. The van der Waals surface area contributed by atoms with Gasteiger partial charge in [-0.1, -0.05) is 280 Å². The zero-order valence-electron chi connectivity index (χ0n) is 56.1. The van der Waals surface area contributed by atoms with E-state index in [-0.39, 0.29) is 31.1 Å². The second-order valence-corrected chi connectivity index (χ2v) is 27.6. The summed E-state index contributed by atoms with van der Waals surface area (Å²) in [5.74, 6) is 1.51. The molecule has 0 fully saturated rings. The van der Waals surface area contributed by atoms with Crippen molar-refractivity contribution in [2.75, 3.05) is 0 Å². The van der Waals surface area contributed by atoms with E-state index in [0.717, 1.165) is 30.4 Å². The minimum Gasteiger partial charge on any atom is -0.0915 e. The number of fused-ring (bicyclic) bond motifs is 7. The maximum atomic E-state index is 4.66. The van der Waals surface area contributed by atoms with Gasteiger partial charge in [-0.15, -0.1) is 0 Å². The molecule has 3 atom stereocenters. The predicted octanol–water partition coefficient (Wildman–Crippen LogP) is 26.5. The van der Waals surface area contributed by atoms with Crippen molar-refractivity contribution >= 4 is 33.4 Å². The molecule has 0 saturated carbocycles. The van der Waals surface area contributed by atoms with Crippen molar-refractivity contribution < 1.29 is 0 Å². The Hall–Kier alpha value is -7.02. The van der Waals surface area contributed by atoms with Crippen LogP contribution in [0.2, 0.25) is 0 Å². The summed E-state index contributed by atoms with van der Waals surface area (Å²) < 4.78 is 0. The quantitative estimate of drug-likeness (QED) is 0.0980. The lowest BCUT2D eigenvalue weighted by molar-refractivity contribution is 0.430. The first-order valence-corrected chi connectivity index (χ1v) is 32.7. The molecule has 6 bridgehead atoms. The van der Waals surface area contributed by atoms with E-state index >= 15 is 0 Å². The van der Waals surface area contributed by atoms with Crippen LogP contribution in [0.25, 0.3) is 33.4 Å². The van der Waals surface area contributed by atoms with Gasteiger partial charge in [0.05, 0.1) is 0 Å². The topological polar surface area (TPSA) is 0 Å². The van der Waals surface area contributed by atoms with Crippen molar-refractivity contribution in [1.82, 2.24) is 0 Å². The van der Waals surface area contributed by atoms with Crippen LogP contribution in [0.15, 0.2) is 229 Å². The monoisotopic (exact) mass is 1170 g/mol. The molecule has 0 N–H and O–H groups in total. The van der Waals surface area contributed by atoms with Crippen LogP contribution in [0.1, 0.15) is 232 Å². The Bertz CT molecular complexity index is 3490. The first-order valence-electron chi connectivity index (χ1n) is 32.7. The van der Waals surface area contributed by atoms with E-state index in [2.05, 4.69) is 312 Å². The third-order valence-corrected chi connectivity index (χ3v) is 18.3. The van der Waals surface area contributed by atoms with Crippen LogP contribution in [0.3, 0.4) is 0 Å². The summed E-state index contributed by atoms with van der Waals surface area (Å²) in [6.07, 6.45) is 50.6. The fourth-order valence-corrected chi connectivity index (χ4v) is 13.3. The number of aryl methyl sites for hydroxylation is 3. The molecule has 466 valence electrons. The molecule has 4 aromatic carbocycles. The summed E-state index contributed by atoms with van der Waals surface area (Å²) in [6.45, 7) is 44.5. The second kappa shape index (κ2) is 32.5. The van der Waals surface area contributed by atoms with Gasteiger partial charge >= 0.3 is 0 Å². The van der Waals surface area contributed by atoms with Crippen molar-refractivity contribution in [2.24, 2.45) is 28.1 Å². The molecule has 0 amide bonds. The Kier molecular flexibility index (Phi) is 26.5. The van der Waals surface area contributed by atoms with Gasteiger partial charge in [-0.25, -0.2) is 0 Å². The molecule has 0 aliphatic heterocycles. The van der Waals surface area contributed by atoms with Gasteiger partial charge in [-0.05, 0) is 262 Å². The summed E-state index contributed by atoms with van der Waals surface area (Å²) in [6, 6.07) is 32.2. The van der Waals surface area contributed by atoms with Gasteiger partial charge in [-0.2, -0.15) is 0 Å². The number of hydrogen-bond donors (Lipinski definition) is 0. The fourth-order valence-electron chi connectivity index (χ4n) is 13.3. The number of allylic oxidation sites excluding steroid dienone is 28. The fraction of sp³-hybridized carbons (Fsp3) is 0.386. The molecule has 0 aromatic heterocycles. The maximum Gasteiger partial charge on any atom is -0.00521 e. The third kappa shape index (κ3) is 18.3. The highest BCUT2D eigenvalue weighted by atomic mass is 14.4. The van der Waals surface area contributed by atoms with E-state index in [1.807, 2.05) is 0 Å². The Balaban J connectivity index is 0.000000256. The summed E-state index contributed by atoms with van der Waals surface area (Å²) >= 11 is 0. The number of hydrogen-bond acceptors (Lipinski definition) is 0. The highest BCUT2D eigenvalue weighted by molar-refractivity contribution is 6.00. The van der Waals surface area contributed by atoms with E-state index in [0.29, 0.717) is 17.8 Å². The molecule has 88 heavy (non-hydrogen) atoms. The highest BCUT2D eigenvalue weighted by Crippen LogP contribution is 2.49. The smallest absolute Gasteiger partial charge is 0.00521 e. The number of benzene rings is 4. The minimum absolute atomic E-state index is 0. The van der Waals surface area contributed by atoms with E-state index in [1.54, 1.807) is 0 Å². The largest absolute Gasteiger partial charge is 0.0915 e. The van der Waals surface area contributed by atoms with Crippen LogP contribution in [0.5, 0.6) is 0 Å². The van der Waals surface area contributed by atoms with Gasteiger partial charge in [0.2, 0.25) is 0 Å². The lowest BCUT2D eigenvalue weighted by Gasteiger charge is -2.36. The second-order valence-electron chi connectivity index (χ2n) is 27.6. The molecule has 0 heterocycles. The standard InChI is InChI=1S/C41H48.C23H32.C22H26.2CH4/c1-9-15-30(11-3)31-20-22-34(23-21-31)39-27-37(29(5)19-26-35(12-4)41(6,7)8)38-28-40(39)36-18-14-13-17-33(36)25-24-32(38)16-10-2;1-7-20(23(4,5)6)14-12-18(3)21-15-13-19-11-9-8-10-17(2)22(21)16-19;1-5-19(22(2,3)4)12-11-18-15-17-9-7-6-8-16-10-13-20(18)21(17)14-16;;/h9-23,26-27,32,38H,5,24-25,28H2,1-4,6-8H3;7,12-17H,3,8-11H2,1-2,4-6H3;5,9-15H,6-8H2,1-4H3;2*1H4/b15-9-,16-10?,26-19-,30-11+,35-12+;14-12-,20-7+;12-11-,17-9+,19-5+;;. The molecule has 4 aromatic rings. The lowest BCUT2D eigenvalue weighted by Crippen LogP contribution is -2.23. The zero-order valence-corrected chi connectivity index (χ0v) is 56.1. The molecular weight excluding hydrogens is 1060 g/mol. The molecule has 9 rings (SSSR count). The summed E-state index contributed by atoms with van der Waals surface area (Å²) in [7, 11) is 0. The SMILES string of the molecule is C.C.C=C(/C=C\C(=C/C)C(C)(C)C)C1=CC(c2ccc(C(/C=C\C)=C/C)cc2)=C2CC1C(C=CC)CCc1ccccc12.C=C(/C=C\C(=C/C)C(C)(C)C)c1ccc2cc1C(C)CCCC2.C\C=C(/C=C\C1=C\C2=C/CCCc3ccc1c2c3)C(C)(C)C. The van der Waals surface area contributed by atoms with Crippen LogP contribution in [0.4, 0.5) is 0 Å². The number of rotatable bonds is 12. The Morgan fingerprint density at radius 1 is 0.545 bits per heavy atom. The molecule has 0 saturated heterocycles. The van der Waals surface area contributed by atoms with E-state index < -0.39 is 0 Å². The Morgan fingerprint density at radius 2 is 1.16 bits per heavy atom. The van der Waals surface area contributed by atoms with Gasteiger partial charge in [0.1, 0.15) is 0 Å². The summed E-state index contributed by atoms with van der Waals surface area (Å²) in [4.78, 5) is 0.